The summed E-state index contributed by atoms with van der Waals surface area (Å²) in [5.74, 6) is 2.74. The van der Waals surface area contributed by atoms with Crippen molar-refractivity contribution in [3.05, 3.63) is 24.2 Å². The van der Waals surface area contributed by atoms with Gasteiger partial charge in [-0.1, -0.05) is 0 Å². The Kier molecular flexibility index (Phi) is 7.01. The lowest BCUT2D eigenvalue weighted by Gasteiger charge is -2.22. The molecule has 0 aliphatic heterocycles. The van der Waals surface area contributed by atoms with Gasteiger partial charge in [0.05, 0.1) is 12.8 Å². The molecule has 2 N–H and O–H groups in total. The molecule has 22 heavy (non-hydrogen) atoms. The third-order valence-electron chi connectivity index (χ3n) is 4.18. The Balaban J connectivity index is 0.00000176. The van der Waals surface area contributed by atoms with E-state index in [4.69, 9.17) is 4.42 Å². The maximum absolute atomic E-state index is 5.31. The monoisotopic (exact) mass is 418 g/mol. The Morgan fingerprint density at radius 3 is 2.73 bits per heavy atom. The highest BCUT2D eigenvalue weighted by molar-refractivity contribution is 14.0. The largest absolute Gasteiger partial charge is 0.467 e. The molecule has 0 spiro atoms. The minimum atomic E-state index is 0. The van der Waals surface area contributed by atoms with Crippen LogP contribution in [0, 0.1) is 5.92 Å². The topological polar surface area (TPSA) is 52.8 Å². The van der Waals surface area contributed by atoms with Crippen LogP contribution in [-0.2, 0) is 6.54 Å². The van der Waals surface area contributed by atoms with Crippen LogP contribution in [0.1, 0.15) is 31.4 Å². The number of hydrogen-bond donors (Lipinski definition) is 2. The summed E-state index contributed by atoms with van der Waals surface area (Å²) in [5.41, 5.74) is 0. The average molecular weight is 418 g/mol. The smallest absolute Gasteiger partial charge is 0.191 e. The predicted molar refractivity (Wildman–Crippen MR) is 99.6 cm³/mol. The molecule has 124 valence electrons. The fraction of sp³-hybridized carbons (Fsp3) is 0.688. The number of guanidine groups is 1. The van der Waals surface area contributed by atoms with Gasteiger partial charge in [0.25, 0.3) is 0 Å². The van der Waals surface area contributed by atoms with Gasteiger partial charge in [0.1, 0.15) is 5.76 Å². The van der Waals surface area contributed by atoms with E-state index in [1.54, 1.807) is 13.3 Å². The molecule has 2 aliphatic carbocycles. The predicted octanol–water partition coefficient (Wildman–Crippen LogP) is 2.44. The third kappa shape index (κ3) is 5.79. The lowest BCUT2D eigenvalue weighted by molar-refractivity contribution is 0.256. The SMILES string of the molecule is CN=C(NCCN(CC1CC1)C1CC1)NCc1ccco1.I. The fourth-order valence-corrected chi connectivity index (χ4v) is 2.62. The molecule has 6 heteroatoms. The lowest BCUT2D eigenvalue weighted by atomic mass is 10.3. The maximum Gasteiger partial charge on any atom is 0.191 e. The molecule has 1 heterocycles. The minimum Gasteiger partial charge on any atom is -0.467 e. The van der Waals surface area contributed by atoms with Crippen LogP contribution in [0.2, 0.25) is 0 Å². The molecule has 3 rings (SSSR count). The van der Waals surface area contributed by atoms with Crippen molar-refractivity contribution in [2.45, 2.75) is 38.3 Å². The van der Waals surface area contributed by atoms with Crippen LogP contribution >= 0.6 is 24.0 Å². The first-order valence-electron chi connectivity index (χ1n) is 8.06. The second-order valence-electron chi connectivity index (χ2n) is 6.10. The van der Waals surface area contributed by atoms with Gasteiger partial charge < -0.3 is 15.1 Å². The Hall–Kier alpha value is -0.760. The van der Waals surface area contributed by atoms with E-state index in [2.05, 4.69) is 20.5 Å². The van der Waals surface area contributed by atoms with E-state index in [1.165, 1.54) is 32.2 Å². The second-order valence-corrected chi connectivity index (χ2v) is 6.10. The van der Waals surface area contributed by atoms with Gasteiger partial charge in [-0.2, -0.15) is 0 Å². The highest BCUT2D eigenvalue weighted by Crippen LogP contribution is 2.34. The number of rotatable bonds is 8. The van der Waals surface area contributed by atoms with E-state index >= 15 is 0 Å². The highest BCUT2D eigenvalue weighted by atomic mass is 127. The highest BCUT2D eigenvalue weighted by Gasteiger charge is 2.33. The zero-order chi connectivity index (χ0) is 14.5. The summed E-state index contributed by atoms with van der Waals surface area (Å²) < 4.78 is 5.31. The molecule has 1 aromatic heterocycles. The van der Waals surface area contributed by atoms with Crippen LogP contribution in [0.4, 0.5) is 0 Å². The number of nitrogens with zero attached hydrogens (tertiary/aromatic N) is 2. The van der Waals surface area contributed by atoms with Crippen molar-refractivity contribution in [3.8, 4) is 0 Å². The van der Waals surface area contributed by atoms with Gasteiger partial charge in [-0.15, -0.1) is 24.0 Å². The summed E-state index contributed by atoms with van der Waals surface area (Å²) in [5, 5.41) is 6.66. The zero-order valence-electron chi connectivity index (χ0n) is 13.3. The number of halogens is 1. The normalized spacial score (nSPS) is 18.2. The quantitative estimate of drug-likeness (QED) is 0.387. The molecule has 0 amide bonds. The maximum atomic E-state index is 5.31. The van der Waals surface area contributed by atoms with Gasteiger partial charge in [-0.3, -0.25) is 9.89 Å². The van der Waals surface area contributed by atoms with Crippen molar-refractivity contribution in [1.29, 1.82) is 0 Å². The van der Waals surface area contributed by atoms with Crippen molar-refractivity contribution in [2.24, 2.45) is 10.9 Å². The van der Waals surface area contributed by atoms with Gasteiger partial charge >= 0.3 is 0 Å². The first-order valence-corrected chi connectivity index (χ1v) is 8.06. The average Bonchev–Trinajstić information content (AvgIpc) is 3.42. The van der Waals surface area contributed by atoms with Crippen molar-refractivity contribution in [2.75, 3.05) is 26.7 Å². The van der Waals surface area contributed by atoms with Gasteiger partial charge in [0.15, 0.2) is 5.96 Å². The first-order chi connectivity index (χ1) is 10.3. The zero-order valence-corrected chi connectivity index (χ0v) is 15.6. The van der Waals surface area contributed by atoms with Gasteiger partial charge in [0.2, 0.25) is 0 Å². The van der Waals surface area contributed by atoms with Crippen LogP contribution in [0.15, 0.2) is 27.8 Å². The third-order valence-corrected chi connectivity index (χ3v) is 4.18. The van der Waals surface area contributed by atoms with Crippen LogP contribution in [0.3, 0.4) is 0 Å². The van der Waals surface area contributed by atoms with Gasteiger partial charge in [0, 0.05) is 32.7 Å². The van der Waals surface area contributed by atoms with Crippen molar-refractivity contribution in [1.82, 2.24) is 15.5 Å². The molecule has 1 aromatic rings. The van der Waals surface area contributed by atoms with Crippen LogP contribution < -0.4 is 10.6 Å². The molecule has 0 radical (unpaired) electrons. The van der Waals surface area contributed by atoms with E-state index in [-0.39, 0.29) is 24.0 Å². The molecule has 0 bridgehead atoms. The molecule has 5 nitrogen and oxygen atoms in total. The number of aliphatic imine (C=N–C) groups is 1. The Morgan fingerprint density at radius 2 is 2.14 bits per heavy atom. The van der Waals surface area contributed by atoms with E-state index in [0.717, 1.165) is 36.8 Å². The number of nitrogens with one attached hydrogen (secondary N) is 2. The van der Waals surface area contributed by atoms with Crippen molar-refractivity contribution >= 4 is 29.9 Å². The van der Waals surface area contributed by atoms with Gasteiger partial charge in [-0.25, -0.2) is 0 Å². The summed E-state index contributed by atoms with van der Waals surface area (Å²) in [6.45, 7) is 4.02. The fourth-order valence-electron chi connectivity index (χ4n) is 2.62. The van der Waals surface area contributed by atoms with Crippen LogP contribution in [0.5, 0.6) is 0 Å². The molecular formula is C16H27IN4O. The molecule has 2 fully saturated rings. The summed E-state index contributed by atoms with van der Waals surface area (Å²) in [4.78, 5) is 6.91. The minimum absolute atomic E-state index is 0. The van der Waals surface area contributed by atoms with Crippen molar-refractivity contribution in [3.63, 3.8) is 0 Å². The molecular weight excluding hydrogens is 391 g/mol. The Bertz CT molecular complexity index is 455. The van der Waals surface area contributed by atoms with E-state index < -0.39 is 0 Å². The molecule has 2 saturated carbocycles. The number of hydrogen-bond acceptors (Lipinski definition) is 3. The Labute approximate surface area is 149 Å². The molecule has 0 aromatic carbocycles. The number of furan rings is 1. The molecule has 0 atom stereocenters. The summed E-state index contributed by atoms with van der Waals surface area (Å²) >= 11 is 0. The second kappa shape index (κ2) is 8.76. The standard InChI is InChI=1S/C16H26N4O.HI/c1-17-16(19-11-15-3-2-10-21-15)18-8-9-20(14-6-7-14)12-13-4-5-13;/h2-3,10,13-14H,4-9,11-12H2,1H3,(H2,17,18,19);1H. The van der Waals surface area contributed by atoms with E-state index in [9.17, 15) is 0 Å². The van der Waals surface area contributed by atoms with Gasteiger partial charge in [-0.05, 0) is 43.7 Å². The van der Waals surface area contributed by atoms with Crippen LogP contribution in [-0.4, -0.2) is 43.6 Å². The summed E-state index contributed by atoms with van der Waals surface area (Å²) in [6, 6.07) is 4.72. The molecule has 0 unspecified atom stereocenters. The van der Waals surface area contributed by atoms with Crippen molar-refractivity contribution < 1.29 is 4.42 Å². The van der Waals surface area contributed by atoms with Crippen LogP contribution in [0.25, 0.3) is 0 Å². The summed E-state index contributed by atoms with van der Waals surface area (Å²) in [7, 11) is 1.81. The lowest BCUT2D eigenvalue weighted by Crippen LogP contribution is -2.42. The summed E-state index contributed by atoms with van der Waals surface area (Å²) in [6.07, 6.45) is 7.33. The first kappa shape index (κ1) is 17.6. The molecule has 2 aliphatic rings. The van der Waals surface area contributed by atoms with E-state index in [1.807, 2.05) is 12.1 Å². The van der Waals surface area contributed by atoms with E-state index in [0.29, 0.717) is 6.54 Å². The Morgan fingerprint density at radius 1 is 1.32 bits per heavy atom. The molecule has 0 saturated heterocycles.